The Labute approximate surface area is 105 Å². The normalized spacial score (nSPS) is 19.3. The summed E-state index contributed by atoms with van der Waals surface area (Å²) >= 11 is 1.95. The SMILES string of the molecule is COc1cc(NCC2CCSC2)c(F)cc1N. The van der Waals surface area contributed by atoms with Gasteiger partial charge in [0.2, 0.25) is 0 Å². The van der Waals surface area contributed by atoms with Gasteiger partial charge < -0.3 is 15.8 Å². The van der Waals surface area contributed by atoms with Crippen molar-refractivity contribution >= 4 is 23.1 Å². The minimum Gasteiger partial charge on any atom is -0.495 e. The molecule has 1 saturated heterocycles. The van der Waals surface area contributed by atoms with Crippen molar-refractivity contribution in [2.75, 3.05) is 36.2 Å². The van der Waals surface area contributed by atoms with Crippen molar-refractivity contribution < 1.29 is 9.13 Å². The first kappa shape index (κ1) is 12.4. The van der Waals surface area contributed by atoms with E-state index in [9.17, 15) is 4.39 Å². The van der Waals surface area contributed by atoms with Crippen molar-refractivity contribution in [1.29, 1.82) is 0 Å². The Morgan fingerprint density at radius 3 is 3.06 bits per heavy atom. The zero-order valence-corrected chi connectivity index (χ0v) is 10.6. The van der Waals surface area contributed by atoms with E-state index in [2.05, 4.69) is 5.32 Å². The van der Waals surface area contributed by atoms with E-state index in [1.165, 1.54) is 25.3 Å². The molecular formula is C12H17FN2OS. The van der Waals surface area contributed by atoms with E-state index in [4.69, 9.17) is 10.5 Å². The molecule has 0 aliphatic carbocycles. The van der Waals surface area contributed by atoms with E-state index >= 15 is 0 Å². The van der Waals surface area contributed by atoms with Gasteiger partial charge in [-0.3, -0.25) is 0 Å². The van der Waals surface area contributed by atoms with Gasteiger partial charge in [0.05, 0.1) is 18.5 Å². The zero-order chi connectivity index (χ0) is 12.3. The molecule has 2 rings (SSSR count). The molecule has 0 aromatic heterocycles. The standard InChI is InChI=1S/C12H17FN2OS/c1-16-12-5-11(9(13)4-10(12)14)15-6-8-2-3-17-7-8/h4-5,8,15H,2-3,6-7,14H2,1H3. The first-order valence-electron chi connectivity index (χ1n) is 5.65. The number of benzene rings is 1. The van der Waals surface area contributed by atoms with Crippen LogP contribution in [-0.2, 0) is 0 Å². The van der Waals surface area contributed by atoms with E-state index in [0.29, 0.717) is 23.0 Å². The van der Waals surface area contributed by atoms with E-state index in [0.717, 1.165) is 12.3 Å². The van der Waals surface area contributed by atoms with Crippen molar-refractivity contribution in [3.05, 3.63) is 17.9 Å². The molecule has 94 valence electrons. The zero-order valence-electron chi connectivity index (χ0n) is 9.83. The van der Waals surface area contributed by atoms with Crippen LogP contribution in [0.25, 0.3) is 0 Å². The number of rotatable bonds is 4. The molecule has 1 aromatic carbocycles. The van der Waals surface area contributed by atoms with Gasteiger partial charge in [-0.2, -0.15) is 11.8 Å². The Morgan fingerprint density at radius 2 is 2.41 bits per heavy atom. The second kappa shape index (κ2) is 5.49. The molecule has 17 heavy (non-hydrogen) atoms. The number of ether oxygens (including phenoxy) is 1. The van der Waals surface area contributed by atoms with Crippen LogP contribution in [0.4, 0.5) is 15.8 Å². The number of anilines is 2. The molecule has 0 saturated carbocycles. The lowest BCUT2D eigenvalue weighted by Gasteiger charge is -2.14. The number of nitrogen functional groups attached to an aromatic ring is 1. The number of methoxy groups -OCH3 is 1. The summed E-state index contributed by atoms with van der Waals surface area (Å²) in [6.07, 6.45) is 1.20. The van der Waals surface area contributed by atoms with Gasteiger partial charge in [0.1, 0.15) is 11.6 Å². The molecule has 1 fully saturated rings. The van der Waals surface area contributed by atoms with E-state index in [1.54, 1.807) is 6.07 Å². The third-order valence-electron chi connectivity index (χ3n) is 2.92. The van der Waals surface area contributed by atoms with Crippen LogP contribution in [0.2, 0.25) is 0 Å². The first-order chi connectivity index (χ1) is 8.20. The summed E-state index contributed by atoms with van der Waals surface area (Å²) in [5.74, 6) is 3.17. The smallest absolute Gasteiger partial charge is 0.148 e. The van der Waals surface area contributed by atoms with Gasteiger partial charge in [0.25, 0.3) is 0 Å². The summed E-state index contributed by atoms with van der Waals surface area (Å²) in [5.41, 5.74) is 6.41. The molecule has 1 aliphatic rings. The quantitative estimate of drug-likeness (QED) is 0.813. The highest BCUT2D eigenvalue weighted by Gasteiger charge is 2.16. The van der Waals surface area contributed by atoms with Crippen molar-refractivity contribution in [2.24, 2.45) is 5.92 Å². The lowest BCUT2D eigenvalue weighted by atomic mass is 10.1. The summed E-state index contributed by atoms with van der Waals surface area (Å²) in [4.78, 5) is 0. The van der Waals surface area contributed by atoms with Crippen LogP contribution in [0.3, 0.4) is 0 Å². The van der Waals surface area contributed by atoms with Crippen LogP contribution in [-0.4, -0.2) is 25.2 Å². The van der Waals surface area contributed by atoms with Gasteiger partial charge >= 0.3 is 0 Å². The third kappa shape index (κ3) is 2.97. The highest BCUT2D eigenvalue weighted by atomic mass is 32.2. The Bertz CT molecular complexity index is 394. The Morgan fingerprint density at radius 1 is 1.59 bits per heavy atom. The van der Waals surface area contributed by atoms with Crippen molar-refractivity contribution in [2.45, 2.75) is 6.42 Å². The average Bonchev–Trinajstić information content (AvgIpc) is 2.81. The van der Waals surface area contributed by atoms with Gasteiger partial charge in [-0.15, -0.1) is 0 Å². The Kier molecular flexibility index (Phi) is 3.99. The molecule has 0 radical (unpaired) electrons. The summed E-state index contributed by atoms with van der Waals surface area (Å²) in [7, 11) is 1.53. The fraction of sp³-hybridized carbons (Fsp3) is 0.500. The predicted octanol–water partition coefficient (Wildman–Crippen LogP) is 2.58. The van der Waals surface area contributed by atoms with Gasteiger partial charge in [-0.05, 0) is 23.8 Å². The highest BCUT2D eigenvalue weighted by molar-refractivity contribution is 7.99. The number of nitrogens with one attached hydrogen (secondary N) is 1. The van der Waals surface area contributed by atoms with Crippen molar-refractivity contribution in [1.82, 2.24) is 0 Å². The Balaban J connectivity index is 2.03. The number of hydrogen-bond acceptors (Lipinski definition) is 4. The second-order valence-corrected chi connectivity index (χ2v) is 5.33. The van der Waals surface area contributed by atoms with Crippen LogP contribution < -0.4 is 15.8 Å². The van der Waals surface area contributed by atoms with Gasteiger partial charge in [0, 0.05) is 18.7 Å². The molecular weight excluding hydrogens is 239 g/mol. The minimum absolute atomic E-state index is 0.325. The van der Waals surface area contributed by atoms with Gasteiger partial charge in [-0.25, -0.2) is 4.39 Å². The summed E-state index contributed by atoms with van der Waals surface area (Å²) in [5, 5.41) is 3.13. The van der Waals surface area contributed by atoms with Crippen LogP contribution in [0.15, 0.2) is 12.1 Å². The predicted molar refractivity (Wildman–Crippen MR) is 71.3 cm³/mol. The topological polar surface area (TPSA) is 47.3 Å². The maximum absolute atomic E-state index is 13.6. The van der Waals surface area contributed by atoms with E-state index in [-0.39, 0.29) is 5.82 Å². The van der Waals surface area contributed by atoms with Crippen molar-refractivity contribution in [3.63, 3.8) is 0 Å². The maximum atomic E-state index is 13.6. The third-order valence-corrected chi connectivity index (χ3v) is 4.16. The van der Waals surface area contributed by atoms with Crippen LogP contribution in [0.5, 0.6) is 5.75 Å². The summed E-state index contributed by atoms with van der Waals surface area (Å²) in [6, 6.07) is 2.91. The fourth-order valence-electron chi connectivity index (χ4n) is 1.88. The van der Waals surface area contributed by atoms with Gasteiger partial charge in [0.15, 0.2) is 0 Å². The summed E-state index contributed by atoms with van der Waals surface area (Å²) < 4.78 is 18.7. The molecule has 0 spiro atoms. The van der Waals surface area contributed by atoms with Crippen LogP contribution in [0.1, 0.15) is 6.42 Å². The second-order valence-electron chi connectivity index (χ2n) is 4.18. The van der Waals surface area contributed by atoms with Crippen LogP contribution in [0, 0.1) is 11.7 Å². The molecule has 0 bridgehead atoms. The molecule has 1 aliphatic heterocycles. The molecule has 1 aromatic rings. The molecule has 3 N–H and O–H groups in total. The first-order valence-corrected chi connectivity index (χ1v) is 6.81. The van der Waals surface area contributed by atoms with Crippen LogP contribution >= 0.6 is 11.8 Å². The highest BCUT2D eigenvalue weighted by Crippen LogP contribution is 2.29. The molecule has 1 atom stereocenters. The molecule has 5 heteroatoms. The monoisotopic (exact) mass is 256 g/mol. The maximum Gasteiger partial charge on any atom is 0.148 e. The van der Waals surface area contributed by atoms with E-state index < -0.39 is 0 Å². The van der Waals surface area contributed by atoms with Crippen molar-refractivity contribution in [3.8, 4) is 5.75 Å². The fourth-order valence-corrected chi connectivity index (χ4v) is 3.16. The number of hydrogen-bond donors (Lipinski definition) is 2. The molecule has 1 heterocycles. The average molecular weight is 256 g/mol. The largest absolute Gasteiger partial charge is 0.495 e. The van der Waals surface area contributed by atoms with E-state index in [1.807, 2.05) is 11.8 Å². The van der Waals surface area contributed by atoms with Gasteiger partial charge in [-0.1, -0.05) is 0 Å². The lowest BCUT2D eigenvalue weighted by molar-refractivity contribution is 0.416. The Hall–Kier alpha value is -1.10. The number of halogens is 1. The number of thioether (sulfide) groups is 1. The molecule has 3 nitrogen and oxygen atoms in total. The number of nitrogens with two attached hydrogens (primary N) is 1. The summed E-state index contributed by atoms with van der Waals surface area (Å²) in [6.45, 7) is 0.803. The minimum atomic E-state index is -0.325. The lowest BCUT2D eigenvalue weighted by Crippen LogP contribution is -2.14. The molecule has 0 amide bonds. The molecule has 1 unspecified atom stereocenters.